The molecule has 0 saturated heterocycles. The van der Waals surface area contributed by atoms with Gasteiger partial charge < -0.3 is 15.0 Å². The Bertz CT molecular complexity index is 533. The van der Waals surface area contributed by atoms with Crippen molar-refractivity contribution in [2.24, 2.45) is 7.05 Å². The monoisotopic (exact) mass is 246 g/mol. The van der Waals surface area contributed by atoms with Crippen LogP contribution in [-0.4, -0.2) is 32.1 Å². The first kappa shape index (κ1) is 12.1. The summed E-state index contributed by atoms with van der Waals surface area (Å²) >= 11 is 0. The van der Waals surface area contributed by atoms with Crippen LogP contribution in [0.5, 0.6) is 5.75 Å². The van der Waals surface area contributed by atoms with E-state index in [2.05, 4.69) is 15.3 Å². The van der Waals surface area contributed by atoms with Crippen molar-refractivity contribution in [1.29, 1.82) is 0 Å². The molecule has 2 aromatic heterocycles. The molecule has 6 nitrogen and oxygen atoms in total. The third-order valence-electron chi connectivity index (χ3n) is 2.41. The summed E-state index contributed by atoms with van der Waals surface area (Å²) in [7, 11) is 1.90. The first-order valence-corrected chi connectivity index (χ1v) is 5.55. The van der Waals surface area contributed by atoms with E-state index in [1.165, 1.54) is 18.3 Å². The molecule has 6 heteroatoms. The van der Waals surface area contributed by atoms with Crippen molar-refractivity contribution in [1.82, 2.24) is 19.9 Å². The molecule has 0 unspecified atom stereocenters. The van der Waals surface area contributed by atoms with E-state index in [-0.39, 0.29) is 17.4 Å². The van der Waals surface area contributed by atoms with Gasteiger partial charge in [0, 0.05) is 26.2 Å². The first-order valence-electron chi connectivity index (χ1n) is 5.55. The Labute approximate surface area is 104 Å². The number of nitrogens with zero attached hydrogens (tertiary/aromatic N) is 3. The maximum Gasteiger partial charge on any atom is 0.269 e. The van der Waals surface area contributed by atoms with Gasteiger partial charge in [-0.15, -0.1) is 0 Å². The van der Waals surface area contributed by atoms with Gasteiger partial charge >= 0.3 is 0 Å². The van der Waals surface area contributed by atoms with Crippen LogP contribution in [0.2, 0.25) is 0 Å². The quantitative estimate of drug-likeness (QED) is 0.823. The lowest BCUT2D eigenvalue weighted by Gasteiger charge is -2.03. The minimum atomic E-state index is -0.258. The molecule has 0 bridgehead atoms. The number of carbonyl (C=O) groups is 1. The summed E-state index contributed by atoms with van der Waals surface area (Å²) in [6.45, 7) is 0.498. The third kappa shape index (κ3) is 3.07. The Morgan fingerprint density at radius 3 is 2.89 bits per heavy atom. The van der Waals surface area contributed by atoms with Crippen molar-refractivity contribution in [2.45, 2.75) is 6.42 Å². The number of aromatic hydroxyl groups is 1. The van der Waals surface area contributed by atoms with Crippen LogP contribution in [0.15, 0.2) is 30.9 Å². The molecule has 18 heavy (non-hydrogen) atoms. The molecule has 0 aliphatic carbocycles. The van der Waals surface area contributed by atoms with Crippen molar-refractivity contribution in [3.05, 3.63) is 42.2 Å². The van der Waals surface area contributed by atoms with Crippen molar-refractivity contribution >= 4 is 5.91 Å². The summed E-state index contributed by atoms with van der Waals surface area (Å²) in [4.78, 5) is 19.7. The molecule has 0 spiro atoms. The number of aryl methyl sites for hydroxylation is 1. The van der Waals surface area contributed by atoms with E-state index in [4.69, 9.17) is 5.11 Å². The van der Waals surface area contributed by atoms with E-state index >= 15 is 0 Å². The number of hydrogen-bond acceptors (Lipinski definition) is 4. The summed E-state index contributed by atoms with van der Waals surface area (Å²) in [5.41, 5.74) is 1.21. The largest absolute Gasteiger partial charge is 0.506 e. The van der Waals surface area contributed by atoms with Crippen LogP contribution in [0, 0.1) is 0 Å². The smallest absolute Gasteiger partial charge is 0.269 e. The van der Waals surface area contributed by atoms with Gasteiger partial charge in [0.2, 0.25) is 0 Å². The van der Waals surface area contributed by atoms with E-state index in [1.54, 1.807) is 6.33 Å². The van der Waals surface area contributed by atoms with Crippen molar-refractivity contribution in [2.75, 3.05) is 6.54 Å². The summed E-state index contributed by atoms with van der Waals surface area (Å²) < 4.78 is 1.86. The van der Waals surface area contributed by atoms with Crippen molar-refractivity contribution < 1.29 is 9.90 Å². The molecule has 0 radical (unpaired) electrons. The molecule has 2 aromatic rings. The topological polar surface area (TPSA) is 80.0 Å². The van der Waals surface area contributed by atoms with Crippen LogP contribution in [0.1, 0.15) is 16.2 Å². The first-order chi connectivity index (χ1) is 8.65. The molecule has 0 fully saturated rings. The van der Waals surface area contributed by atoms with Gasteiger partial charge in [-0.1, -0.05) is 0 Å². The molecule has 0 aliphatic heterocycles. The Morgan fingerprint density at radius 1 is 1.44 bits per heavy atom. The second kappa shape index (κ2) is 5.31. The second-order valence-electron chi connectivity index (χ2n) is 3.94. The van der Waals surface area contributed by atoms with Gasteiger partial charge in [0.15, 0.2) is 0 Å². The van der Waals surface area contributed by atoms with Gasteiger partial charge in [0.25, 0.3) is 5.91 Å². The standard InChI is InChI=1S/C12H14N4O2/c1-16-7-9(15-8-16)4-5-13-12(18)11-3-2-10(17)6-14-11/h2-3,6-8,17H,4-5H2,1H3,(H,13,18). The van der Waals surface area contributed by atoms with E-state index in [0.29, 0.717) is 13.0 Å². The Kier molecular flexibility index (Phi) is 3.57. The number of imidazole rings is 1. The minimum absolute atomic E-state index is 0.0417. The predicted molar refractivity (Wildman–Crippen MR) is 65.1 cm³/mol. The normalized spacial score (nSPS) is 10.3. The average molecular weight is 246 g/mol. The Hall–Kier alpha value is -2.37. The summed E-state index contributed by atoms with van der Waals surface area (Å²) in [6, 6.07) is 2.91. The van der Waals surface area contributed by atoms with Crippen LogP contribution in [0.3, 0.4) is 0 Å². The van der Waals surface area contributed by atoms with E-state index < -0.39 is 0 Å². The van der Waals surface area contributed by atoms with Crippen LogP contribution in [0.4, 0.5) is 0 Å². The maximum absolute atomic E-state index is 11.7. The van der Waals surface area contributed by atoms with Gasteiger partial charge in [-0.2, -0.15) is 0 Å². The number of amides is 1. The number of nitrogens with one attached hydrogen (secondary N) is 1. The lowest BCUT2D eigenvalue weighted by atomic mass is 10.3. The van der Waals surface area contributed by atoms with Gasteiger partial charge in [-0.3, -0.25) is 4.79 Å². The molecule has 2 rings (SSSR count). The molecule has 0 saturated carbocycles. The fraction of sp³-hybridized carbons (Fsp3) is 0.250. The van der Waals surface area contributed by atoms with Gasteiger partial charge in [0.05, 0.1) is 18.2 Å². The molecule has 0 atom stereocenters. The number of aromatic nitrogens is 3. The van der Waals surface area contributed by atoms with Gasteiger partial charge in [-0.05, 0) is 12.1 Å². The molecular formula is C12H14N4O2. The van der Waals surface area contributed by atoms with E-state index in [9.17, 15) is 4.79 Å². The highest BCUT2D eigenvalue weighted by atomic mass is 16.3. The highest BCUT2D eigenvalue weighted by molar-refractivity contribution is 5.92. The van der Waals surface area contributed by atoms with E-state index in [0.717, 1.165) is 5.69 Å². The molecule has 0 aliphatic rings. The molecule has 1 amide bonds. The van der Waals surface area contributed by atoms with Crippen molar-refractivity contribution in [3.8, 4) is 5.75 Å². The second-order valence-corrected chi connectivity index (χ2v) is 3.94. The molecule has 2 heterocycles. The lowest BCUT2D eigenvalue weighted by molar-refractivity contribution is 0.0949. The number of hydrogen-bond donors (Lipinski definition) is 2. The minimum Gasteiger partial charge on any atom is -0.506 e. The van der Waals surface area contributed by atoms with Crippen LogP contribution >= 0.6 is 0 Å². The Balaban J connectivity index is 1.83. The zero-order valence-electron chi connectivity index (χ0n) is 10.00. The van der Waals surface area contributed by atoms with E-state index in [1.807, 2.05) is 17.8 Å². The maximum atomic E-state index is 11.7. The Morgan fingerprint density at radius 2 is 2.28 bits per heavy atom. The number of carbonyl (C=O) groups excluding carboxylic acids is 1. The fourth-order valence-corrected chi connectivity index (χ4v) is 1.51. The number of rotatable bonds is 4. The third-order valence-corrected chi connectivity index (χ3v) is 2.41. The zero-order valence-corrected chi connectivity index (χ0v) is 10.00. The molecule has 94 valence electrons. The van der Waals surface area contributed by atoms with Crippen LogP contribution < -0.4 is 5.32 Å². The predicted octanol–water partition coefficient (Wildman–Crippen LogP) is 0.493. The van der Waals surface area contributed by atoms with Gasteiger partial charge in [0.1, 0.15) is 11.4 Å². The fourth-order valence-electron chi connectivity index (χ4n) is 1.51. The van der Waals surface area contributed by atoms with Crippen LogP contribution in [0.25, 0.3) is 0 Å². The molecule has 2 N–H and O–H groups in total. The lowest BCUT2D eigenvalue weighted by Crippen LogP contribution is -2.26. The highest BCUT2D eigenvalue weighted by Gasteiger charge is 2.06. The zero-order chi connectivity index (χ0) is 13.0. The van der Waals surface area contributed by atoms with Crippen LogP contribution in [-0.2, 0) is 13.5 Å². The highest BCUT2D eigenvalue weighted by Crippen LogP contribution is 2.05. The molecular weight excluding hydrogens is 232 g/mol. The average Bonchev–Trinajstić information content (AvgIpc) is 2.76. The number of pyridine rings is 1. The summed E-state index contributed by atoms with van der Waals surface area (Å²) in [6.07, 6.45) is 5.54. The van der Waals surface area contributed by atoms with Gasteiger partial charge in [-0.25, -0.2) is 9.97 Å². The summed E-state index contributed by atoms with van der Waals surface area (Å²) in [5, 5.41) is 11.8. The molecule has 0 aromatic carbocycles. The van der Waals surface area contributed by atoms with Crippen molar-refractivity contribution in [3.63, 3.8) is 0 Å². The summed E-state index contributed by atoms with van der Waals surface area (Å²) in [5.74, 6) is -0.217. The SMILES string of the molecule is Cn1cnc(CCNC(=O)c2ccc(O)cn2)c1.